The molecule has 2 aromatic heterocycles. The van der Waals surface area contributed by atoms with Crippen LogP contribution in [0.2, 0.25) is 0 Å². The van der Waals surface area contributed by atoms with Crippen molar-refractivity contribution in [1.82, 2.24) is 14.1 Å². The molecular formula is C22H28BF4N5O2. The summed E-state index contributed by atoms with van der Waals surface area (Å²) >= 11 is 0. The maximum atomic E-state index is 12.5. The molecule has 0 unspecified atom stereocenters. The number of carbonyl (C=O) groups excluding carboxylic acids is 1. The summed E-state index contributed by atoms with van der Waals surface area (Å²) in [6, 6.07) is 6.11. The second-order valence-electron chi connectivity index (χ2n) is 8.06. The molecule has 0 amide bonds. The van der Waals surface area contributed by atoms with Crippen LogP contribution in [0.3, 0.4) is 0 Å². The van der Waals surface area contributed by atoms with Crippen LogP contribution in [-0.2, 0) is 18.3 Å². The van der Waals surface area contributed by atoms with Crippen molar-refractivity contribution in [2.45, 2.75) is 38.3 Å². The van der Waals surface area contributed by atoms with Gasteiger partial charge in [0.05, 0.1) is 23.6 Å². The molecule has 7 nitrogen and oxygen atoms in total. The number of anilines is 1. The summed E-state index contributed by atoms with van der Waals surface area (Å²) in [5.74, 6) is 0.525. The van der Waals surface area contributed by atoms with E-state index in [4.69, 9.17) is 9.72 Å². The predicted molar refractivity (Wildman–Crippen MR) is 122 cm³/mol. The number of nitrogens with one attached hydrogen (secondary N) is 1. The van der Waals surface area contributed by atoms with Gasteiger partial charge in [-0.05, 0) is 31.0 Å². The molecule has 0 radical (unpaired) electrons. The molecule has 1 aromatic carbocycles. The van der Waals surface area contributed by atoms with Gasteiger partial charge in [-0.2, -0.15) is 0 Å². The minimum Gasteiger partial charge on any atom is -0.458 e. The van der Waals surface area contributed by atoms with Crippen molar-refractivity contribution >= 4 is 30.2 Å². The third kappa shape index (κ3) is 7.10. The van der Waals surface area contributed by atoms with Gasteiger partial charge in [-0.25, -0.2) is 18.9 Å². The molecule has 3 aromatic rings. The molecule has 1 aliphatic rings. The predicted octanol–water partition coefficient (Wildman–Crippen LogP) is 4.53. The summed E-state index contributed by atoms with van der Waals surface area (Å²) in [7, 11) is -4.04. The minimum atomic E-state index is -6.00. The van der Waals surface area contributed by atoms with Gasteiger partial charge in [0.2, 0.25) is 12.3 Å². The number of benzene rings is 1. The van der Waals surface area contributed by atoms with E-state index in [2.05, 4.69) is 16.5 Å². The van der Waals surface area contributed by atoms with Crippen molar-refractivity contribution in [2.75, 3.05) is 18.5 Å². The van der Waals surface area contributed by atoms with Crippen LogP contribution in [0.25, 0.3) is 11.0 Å². The molecule has 0 spiro atoms. The Morgan fingerprint density at radius 3 is 2.65 bits per heavy atom. The van der Waals surface area contributed by atoms with E-state index in [0.717, 1.165) is 29.8 Å². The van der Waals surface area contributed by atoms with Gasteiger partial charge in [0.1, 0.15) is 25.5 Å². The molecule has 1 fully saturated rings. The normalized spacial score (nSPS) is 14.0. The summed E-state index contributed by atoms with van der Waals surface area (Å²) in [5, 5.41) is 3.35. The first-order valence-electron chi connectivity index (χ1n) is 11.1. The van der Waals surface area contributed by atoms with Crippen molar-refractivity contribution in [2.24, 2.45) is 7.05 Å². The van der Waals surface area contributed by atoms with Crippen LogP contribution in [0.1, 0.15) is 42.1 Å². The third-order valence-corrected chi connectivity index (χ3v) is 5.43. The fraction of sp³-hybridized carbons (Fsp3) is 0.409. The van der Waals surface area contributed by atoms with E-state index in [0.29, 0.717) is 31.3 Å². The third-order valence-electron chi connectivity index (χ3n) is 5.43. The van der Waals surface area contributed by atoms with Crippen LogP contribution in [0, 0.1) is 0 Å². The number of carbonyl (C=O) groups is 1. The molecule has 34 heavy (non-hydrogen) atoms. The van der Waals surface area contributed by atoms with Gasteiger partial charge in [0.25, 0.3) is 0 Å². The Kier molecular flexibility index (Phi) is 8.35. The number of rotatable bonds is 8. The highest BCUT2D eigenvalue weighted by molar-refractivity contribution is 6.50. The van der Waals surface area contributed by atoms with Crippen molar-refractivity contribution < 1.29 is 31.4 Å². The van der Waals surface area contributed by atoms with Crippen LogP contribution >= 0.6 is 0 Å². The average Bonchev–Trinajstić information content (AvgIpc) is 3.50. The SMILES string of the molecule is C=CCNc1nc2cc(C(=O)OCCn3cc[n+](C)c3)ccc2n1C1CCCC1.F[B-](F)(F)F. The van der Waals surface area contributed by atoms with Crippen LogP contribution in [0.15, 0.2) is 49.6 Å². The number of ether oxygens (including phenoxy) is 1. The maximum Gasteiger partial charge on any atom is 0.673 e. The Balaban J connectivity index is 0.000000588. The molecule has 2 heterocycles. The summed E-state index contributed by atoms with van der Waals surface area (Å²) in [5.41, 5.74) is 2.40. The molecule has 1 saturated carbocycles. The number of aryl methyl sites for hydroxylation is 1. The first kappa shape index (κ1) is 25.3. The van der Waals surface area contributed by atoms with E-state index in [1.165, 1.54) is 12.8 Å². The molecule has 0 saturated heterocycles. The highest BCUT2D eigenvalue weighted by Gasteiger charge is 2.23. The van der Waals surface area contributed by atoms with Crippen molar-refractivity contribution in [1.29, 1.82) is 0 Å². The topological polar surface area (TPSA) is 65.0 Å². The van der Waals surface area contributed by atoms with E-state index in [1.807, 2.05) is 59.2 Å². The number of hydrogen-bond donors (Lipinski definition) is 1. The molecule has 12 heteroatoms. The lowest BCUT2D eigenvalue weighted by molar-refractivity contribution is -0.671. The summed E-state index contributed by atoms with van der Waals surface area (Å²) in [6.45, 7) is 5.39. The highest BCUT2D eigenvalue weighted by Crippen LogP contribution is 2.35. The molecule has 0 aliphatic heterocycles. The zero-order chi connectivity index (χ0) is 24.7. The number of hydrogen-bond acceptors (Lipinski definition) is 4. The Morgan fingerprint density at radius 1 is 1.32 bits per heavy atom. The Bertz CT molecular complexity index is 1120. The molecule has 1 aliphatic carbocycles. The van der Waals surface area contributed by atoms with Gasteiger partial charge in [0.15, 0.2) is 0 Å². The smallest absolute Gasteiger partial charge is 0.458 e. The van der Waals surface area contributed by atoms with Crippen molar-refractivity contribution in [3.63, 3.8) is 0 Å². The minimum absolute atomic E-state index is 0.320. The summed E-state index contributed by atoms with van der Waals surface area (Å²) in [4.78, 5) is 17.3. The summed E-state index contributed by atoms with van der Waals surface area (Å²) < 4.78 is 50.7. The first-order chi connectivity index (χ1) is 16.2. The van der Waals surface area contributed by atoms with Crippen LogP contribution < -0.4 is 9.88 Å². The number of nitrogens with zero attached hydrogens (tertiary/aromatic N) is 4. The highest BCUT2D eigenvalue weighted by atomic mass is 19.5. The molecular weight excluding hydrogens is 453 g/mol. The quantitative estimate of drug-likeness (QED) is 0.169. The first-order valence-corrected chi connectivity index (χ1v) is 11.1. The Morgan fingerprint density at radius 2 is 2.03 bits per heavy atom. The number of imidazole rings is 2. The van der Waals surface area contributed by atoms with Gasteiger partial charge in [-0.3, -0.25) is 0 Å². The lowest BCUT2D eigenvalue weighted by Crippen LogP contribution is -2.24. The van der Waals surface area contributed by atoms with E-state index in [-0.39, 0.29) is 5.97 Å². The fourth-order valence-corrected chi connectivity index (χ4v) is 4.01. The Hall–Kier alpha value is -3.31. The lowest BCUT2D eigenvalue weighted by atomic mass is 10.2. The zero-order valence-electron chi connectivity index (χ0n) is 19.0. The van der Waals surface area contributed by atoms with Crippen molar-refractivity contribution in [3.05, 3.63) is 55.1 Å². The number of aromatic nitrogens is 4. The van der Waals surface area contributed by atoms with Gasteiger partial charge in [0, 0.05) is 12.6 Å². The second kappa shape index (κ2) is 11.2. The lowest BCUT2D eigenvalue weighted by Gasteiger charge is -2.16. The average molecular weight is 481 g/mol. The van der Waals surface area contributed by atoms with Gasteiger partial charge < -0.3 is 31.9 Å². The second-order valence-corrected chi connectivity index (χ2v) is 8.06. The van der Waals surface area contributed by atoms with Gasteiger partial charge >= 0.3 is 13.2 Å². The van der Waals surface area contributed by atoms with E-state index in [1.54, 1.807) is 0 Å². The van der Waals surface area contributed by atoms with Crippen LogP contribution in [-0.4, -0.2) is 40.5 Å². The van der Waals surface area contributed by atoms with Crippen molar-refractivity contribution in [3.8, 4) is 0 Å². The zero-order valence-corrected chi connectivity index (χ0v) is 19.0. The standard InChI is InChI=1S/C22H28N5O2.BF4/c1-3-10-23-22-24-19-15-17(8-9-20(19)27(22)18-6-4-5-7-18)21(28)29-14-13-26-12-11-25(2)16-26;2-1(3,4)5/h3,8-9,11-12,15-16,18H,1,4-7,10,13-14H2,2H3,(H,23,24);/q+1;-1. The van der Waals surface area contributed by atoms with E-state index in [9.17, 15) is 22.1 Å². The number of halogens is 4. The number of fused-ring (bicyclic) bond motifs is 1. The molecule has 1 N–H and O–H groups in total. The van der Waals surface area contributed by atoms with E-state index >= 15 is 0 Å². The van der Waals surface area contributed by atoms with E-state index < -0.39 is 7.25 Å². The molecule has 0 atom stereocenters. The molecule has 4 rings (SSSR count). The largest absolute Gasteiger partial charge is 0.673 e. The van der Waals surface area contributed by atoms with Crippen LogP contribution in [0.5, 0.6) is 0 Å². The number of esters is 1. The monoisotopic (exact) mass is 481 g/mol. The summed E-state index contributed by atoms with van der Waals surface area (Å²) in [6.07, 6.45) is 12.5. The van der Waals surface area contributed by atoms with Gasteiger partial charge in [-0.1, -0.05) is 18.9 Å². The Labute approximate surface area is 195 Å². The van der Waals surface area contributed by atoms with Crippen LogP contribution in [0.4, 0.5) is 23.2 Å². The molecule has 184 valence electrons. The fourth-order valence-electron chi connectivity index (χ4n) is 4.01. The maximum absolute atomic E-state index is 12.5. The van der Waals surface area contributed by atoms with Gasteiger partial charge in [-0.15, -0.1) is 6.58 Å². The molecule has 0 bridgehead atoms.